The number of sulfonamides is 1. The summed E-state index contributed by atoms with van der Waals surface area (Å²) in [5.41, 5.74) is 0.585. The first-order valence-electron chi connectivity index (χ1n) is 9.93. The zero-order valence-electron chi connectivity index (χ0n) is 17.9. The Kier molecular flexibility index (Phi) is 5.55. The van der Waals surface area contributed by atoms with Gasteiger partial charge in [0.2, 0.25) is 0 Å². The summed E-state index contributed by atoms with van der Waals surface area (Å²) in [5.74, 6) is 0.827. The van der Waals surface area contributed by atoms with Crippen molar-refractivity contribution < 1.29 is 17.9 Å². The number of aryl methyl sites for hydroxylation is 1. The number of rotatable bonds is 5. The van der Waals surface area contributed by atoms with Gasteiger partial charge in [-0.3, -0.25) is 18.2 Å². The van der Waals surface area contributed by atoms with Gasteiger partial charge in [-0.2, -0.15) is 0 Å². The second-order valence-electron chi connectivity index (χ2n) is 7.53. The minimum absolute atomic E-state index is 0.0103. The summed E-state index contributed by atoms with van der Waals surface area (Å²) in [7, 11) is -1.20. The summed E-state index contributed by atoms with van der Waals surface area (Å²) in [6.07, 6.45) is 0. The Morgan fingerprint density at radius 3 is 2.25 bits per heavy atom. The Morgan fingerprint density at radius 2 is 1.56 bits per heavy atom. The minimum Gasteiger partial charge on any atom is -0.486 e. The van der Waals surface area contributed by atoms with Gasteiger partial charge in [0.1, 0.15) is 13.2 Å². The van der Waals surface area contributed by atoms with Crippen LogP contribution in [0, 0.1) is 6.92 Å². The van der Waals surface area contributed by atoms with E-state index in [0.717, 1.165) is 10.1 Å². The molecule has 1 aliphatic heterocycles. The summed E-state index contributed by atoms with van der Waals surface area (Å²) in [5, 5.41) is 0. The van der Waals surface area contributed by atoms with E-state index in [9.17, 15) is 18.0 Å². The Balaban J connectivity index is 1.84. The third-order valence-corrected chi connectivity index (χ3v) is 7.12. The van der Waals surface area contributed by atoms with Gasteiger partial charge < -0.3 is 9.47 Å². The van der Waals surface area contributed by atoms with Crippen LogP contribution in [-0.2, 0) is 30.7 Å². The van der Waals surface area contributed by atoms with Crippen LogP contribution in [0.4, 0.5) is 5.69 Å². The molecule has 0 unspecified atom stereocenters. The number of nitrogens with zero attached hydrogens (tertiary/aromatic N) is 3. The van der Waals surface area contributed by atoms with Gasteiger partial charge in [0, 0.05) is 31.9 Å². The Bertz CT molecular complexity index is 1390. The quantitative estimate of drug-likeness (QED) is 0.577. The molecule has 2 heterocycles. The molecule has 4 rings (SSSR count). The van der Waals surface area contributed by atoms with Crippen molar-refractivity contribution in [1.82, 2.24) is 9.13 Å². The van der Waals surface area contributed by atoms with Crippen molar-refractivity contribution in [1.29, 1.82) is 0 Å². The highest BCUT2D eigenvalue weighted by molar-refractivity contribution is 7.92. The van der Waals surface area contributed by atoms with Gasteiger partial charge in [-0.15, -0.1) is 0 Å². The van der Waals surface area contributed by atoms with E-state index in [4.69, 9.17) is 9.47 Å². The predicted octanol–water partition coefficient (Wildman–Crippen LogP) is 1.56. The Hall–Kier alpha value is -3.53. The van der Waals surface area contributed by atoms with Crippen LogP contribution >= 0.6 is 0 Å². The topological polar surface area (TPSA) is 99.8 Å². The summed E-state index contributed by atoms with van der Waals surface area (Å²) in [4.78, 5) is 24.6. The minimum atomic E-state index is -4.08. The van der Waals surface area contributed by atoms with E-state index in [1.165, 1.54) is 41.2 Å². The van der Waals surface area contributed by atoms with Gasteiger partial charge in [0.05, 0.1) is 17.1 Å². The molecule has 168 valence electrons. The molecular formula is C22H23N3O6S. The summed E-state index contributed by atoms with van der Waals surface area (Å²) in [6.45, 7) is 2.41. The number of ether oxygens (including phenoxy) is 2. The maximum Gasteiger partial charge on any atom is 0.330 e. The number of benzene rings is 2. The average molecular weight is 458 g/mol. The lowest BCUT2D eigenvalue weighted by Crippen LogP contribution is -2.40. The highest BCUT2D eigenvalue weighted by Gasteiger charge is 2.28. The van der Waals surface area contributed by atoms with Gasteiger partial charge >= 0.3 is 5.69 Å². The maximum absolute atomic E-state index is 13.7. The van der Waals surface area contributed by atoms with E-state index in [1.807, 2.05) is 6.92 Å². The highest BCUT2D eigenvalue weighted by atomic mass is 32.2. The van der Waals surface area contributed by atoms with Crippen LogP contribution in [0.15, 0.2) is 63.0 Å². The van der Waals surface area contributed by atoms with E-state index in [0.29, 0.717) is 30.4 Å². The number of hydrogen-bond acceptors (Lipinski definition) is 6. The summed E-state index contributed by atoms with van der Waals surface area (Å²) in [6, 6.07) is 12.7. The van der Waals surface area contributed by atoms with Crippen molar-refractivity contribution in [2.45, 2.75) is 18.4 Å². The molecule has 0 saturated heterocycles. The van der Waals surface area contributed by atoms with Crippen molar-refractivity contribution in [3.05, 3.63) is 80.6 Å². The molecule has 3 aromatic rings. The molecule has 0 atom stereocenters. The molecule has 2 aromatic carbocycles. The molecule has 1 aromatic heterocycles. The first-order valence-corrected chi connectivity index (χ1v) is 11.4. The molecule has 0 spiro atoms. The lowest BCUT2D eigenvalue weighted by molar-refractivity contribution is 0.171. The standard InChI is InChI=1S/C22H23N3O6S/c1-15-4-6-16(7-5-15)25(14-17-12-21(26)24(3)22(27)23(17)2)32(28,29)18-8-9-19-20(13-18)31-11-10-30-19/h4-9,12-13H,10-11,14H2,1-3H3. The number of fused-ring (bicyclic) bond motifs is 1. The van der Waals surface area contributed by atoms with E-state index >= 15 is 0 Å². The van der Waals surface area contributed by atoms with Crippen LogP contribution in [0.3, 0.4) is 0 Å². The molecule has 1 aliphatic rings. The van der Waals surface area contributed by atoms with E-state index in [1.54, 1.807) is 30.3 Å². The summed E-state index contributed by atoms with van der Waals surface area (Å²) >= 11 is 0. The van der Waals surface area contributed by atoms with Gasteiger partial charge in [-0.25, -0.2) is 13.2 Å². The maximum atomic E-state index is 13.7. The Labute approximate surface area is 185 Å². The fourth-order valence-corrected chi connectivity index (χ4v) is 4.87. The molecule has 0 amide bonds. The zero-order chi connectivity index (χ0) is 23.0. The van der Waals surface area contributed by atoms with Gasteiger partial charge in [-0.1, -0.05) is 17.7 Å². The third-order valence-electron chi connectivity index (χ3n) is 5.35. The van der Waals surface area contributed by atoms with Crippen LogP contribution < -0.4 is 25.0 Å². The molecule has 0 radical (unpaired) electrons. The van der Waals surface area contributed by atoms with E-state index in [-0.39, 0.29) is 17.1 Å². The highest BCUT2D eigenvalue weighted by Crippen LogP contribution is 2.34. The second-order valence-corrected chi connectivity index (χ2v) is 9.39. The first kappa shape index (κ1) is 21.7. The number of hydrogen-bond donors (Lipinski definition) is 0. The van der Waals surface area contributed by atoms with Crippen molar-refractivity contribution in [3.63, 3.8) is 0 Å². The van der Waals surface area contributed by atoms with Gasteiger partial charge in [0.25, 0.3) is 15.6 Å². The van der Waals surface area contributed by atoms with Crippen molar-refractivity contribution in [2.24, 2.45) is 14.1 Å². The van der Waals surface area contributed by atoms with Gasteiger partial charge in [0.15, 0.2) is 11.5 Å². The van der Waals surface area contributed by atoms with E-state index in [2.05, 4.69) is 0 Å². The predicted molar refractivity (Wildman–Crippen MR) is 119 cm³/mol. The van der Waals surface area contributed by atoms with Gasteiger partial charge in [-0.05, 0) is 31.2 Å². The molecule has 0 saturated carbocycles. The van der Waals surface area contributed by atoms with Crippen LogP contribution in [-0.4, -0.2) is 30.8 Å². The molecule has 32 heavy (non-hydrogen) atoms. The van der Waals surface area contributed by atoms with Crippen LogP contribution in [0.25, 0.3) is 0 Å². The smallest absolute Gasteiger partial charge is 0.330 e. The third kappa shape index (κ3) is 3.89. The number of anilines is 1. The SMILES string of the molecule is Cc1ccc(N(Cc2cc(=O)n(C)c(=O)n2C)S(=O)(=O)c2ccc3c(c2)OCCO3)cc1. The van der Waals surface area contributed by atoms with E-state index < -0.39 is 21.3 Å². The van der Waals surface area contributed by atoms with Crippen molar-refractivity contribution in [2.75, 3.05) is 17.5 Å². The monoisotopic (exact) mass is 457 g/mol. The summed E-state index contributed by atoms with van der Waals surface area (Å²) < 4.78 is 41.9. The molecular weight excluding hydrogens is 434 g/mol. The fraction of sp³-hybridized carbons (Fsp3) is 0.273. The Morgan fingerprint density at radius 1 is 0.906 bits per heavy atom. The van der Waals surface area contributed by atoms with Crippen molar-refractivity contribution in [3.8, 4) is 11.5 Å². The van der Waals surface area contributed by atoms with Crippen molar-refractivity contribution >= 4 is 15.7 Å². The largest absolute Gasteiger partial charge is 0.486 e. The van der Waals surface area contributed by atoms with Crippen LogP contribution in [0.2, 0.25) is 0 Å². The lowest BCUT2D eigenvalue weighted by atomic mass is 10.2. The number of aromatic nitrogens is 2. The molecule has 0 N–H and O–H groups in total. The first-order chi connectivity index (χ1) is 15.2. The second kappa shape index (κ2) is 8.19. The van der Waals surface area contributed by atoms with Crippen LogP contribution in [0.5, 0.6) is 11.5 Å². The molecule has 10 heteroatoms. The normalized spacial score (nSPS) is 13.1. The zero-order valence-corrected chi connectivity index (χ0v) is 18.8. The molecule has 0 fully saturated rings. The lowest BCUT2D eigenvalue weighted by Gasteiger charge is -2.26. The molecule has 0 bridgehead atoms. The fourth-order valence-electron chi connectivity index (χ4n) is 3.41. The molecule has 0 aliphatic carbocycles. The van der Waals surface area contributed by atoms with Crippen LogP contribution in [0.1, 0.15) is 11.3 Å². The molecule has 9 nitrogen and oxygen atoms in total. The average Bonchev–Trinajstić information content (AvgIpc) is 2.79.